The minimum atomic E-state index is -0.682. The van der Waals surface area contributed by atoms with Crippen molar-refractivity contribution >= 4 is 5.97 Å². The first-order chi connectivity index (χ1) is 7.58. The molecule has 0 aliphatic heterocycles. The molecule has 1 aliphatic carbocycles. The third-order valence-corrected chi connectivity index (χ3v) is 3.32. The average Bonchev–Trinajstić information content (AvgIpc) is 2.47. The maximum atomic E-state index is 10.9. The highest BCUT2D eigenvalue weighted by molar-refractivity contribution is 5.72. The summed E-state index contributed by atoms with van der Waals surface area (Å²) in [5.74, 6) is 0.905. The molecule has 0 aromatic carbocycles. The minimum absolute atomic E-state index is 0.155. The largest absolute Gasteiger partial charge is 0.481 e. The van der Waals surface area contributed by atoms with Gasteiger partial charge in [0, 0.05) is 6.04 Å². The zero-order valence-electron chi connectivity index (χ0n) is 9.64. The fourth-order valence-electron chi connectivity index (χ4n) is 2.23. The van der Waals surface area contributed by atoms with Gasteiger partial charge in [0.2, 0.25) is 0 Å². The topological polar surface area (TPSA) is 53.7 Å². The second-order valence-corrected chi connectivity index (χ2v) is 4.52. The molecule has 0 amide bonds. The zero-order chi connectivity index (χ0) is 11.7. The molecule has 2 unspecified atom stereocenters. The molecule has 16 heavy (non-hydrogen) atoms. The van der Waals surface area contributed by atoms with Gasteiger partial charge in [0.25, 0.3) is 0 Å². The summed E-state index contributed by atoms with van der Waals surface area (Å²) in [4.78, 5) is 13.0. The van der Waals surface area contributed by atoms with Crippen LogP contribution < -0.4 is 0 Å². The molecule has 1 saturated carbocycles. The van der Waals surface area contributed by atoms with Gasteiger partial charge in [-0.15, -0.1) is 0 Å². The molecular formula is C12H17NO3. The third-order valence-electron chi connectivity index (χ3n) is 3.32. The zero-order valence-corrected chi connectivity index (χ0v) is 9.64. The highest BCUT2D eigenvalue weighted by Gasteiger charge is 2.39. The molecule has 2 rings (SSSR count). The lowest BCUT2D eigenvalue weighted by molar-refractivity contribution is -0.148. The quantitative estimate of drug-likeness (QED) is 0.846. The Morgan fingerprint density at radius 1 is 1.56 bits per heavy atom. The highest BCUT2D eigenvalue weighted by Crippen LogP contribution is 2.32. The fraction of sp³-hybridized carbons (Fsp3) is 0.583. The summed E-state index contributed by atoms with van der Waals surface area (Å²) in [6.45, 7) is 2.59. The summed E-state index contributed by atoms with van der Waals surface area (Å²) in [5, 5.41) is 8.97. The number of aryl methyl sites for hydroxylation is 1. The van der Waals surface area contributed by atoms with Gasteiger partial charge in [-0.25, -0.2) is 0 Å². The lowest BCUT2D eigenvalue weighted by Gasteiger charge is -2.39. The van der Waals surface area contributed by atoms with Crippen LogP contribution in [0.15, 0.2) is 16.5 Å². The van der Waals surface area contributed by atoms with Crippen LogP contribution in [0, 0.1) is 12.8 Å². The van der Waals surface area contributed by atoms with E-state index in [9.17, 15) is 4.79 Å². The van der Waals surface area contributed by atoms with Crippen molar-refractivity contribution in [3.8, 4) is 0 Å². The first-order valence-corrected chi connectivity index (χ1v) is 5.56. The lowest BCUT2D eigenvalue weighted by Crippen LogP contribution is -2.48. The molecule has 0 bridgehead atoms. The number of carboxylic acid groups (broad SMARTS) is 1. The molecule has 1 N–H and O–H groups in total. The lowest BCUT2D eigenvalue weighted by atomic mass is 9.78. The van der Waals surface area contributed by atoms with Crippen molar-refractivity contribution in [2.45, 2.75) is 32.4 Å². The monoisotopic (exact) mass is 223 g/mol. The molecule has 88 valence electrons. The van der Waals surface area contributed by atoms with E-state index >= 15 is 0 Å². The van der Waals surface area contributed by atoms with Crippen molar-refractivity contribution in [1.82, 2.24) is 4.90 Å². The summed E-state index contributed by atoms with van der Waals surface area (Å²) < 4.78 is 5.48. The second kappa shape index (κ2) is 4.29. The number of hydrogen-bond acceptors (Lipinski definition) is 3. The van der Waals surface area contributed by atoms with E-state index in [0.717, 1.165) is 24.4 Å². The number of furan rings is 1. The number of hydrogen-bond donors (Lipinski definition) is 1. The van der Waals surface area contributed by atoms with Crippen molar-refractivity contribution in [3.05, 3.63) is 23.7 Å². The number of carboxylic acids is 1. The standard InChI is InChI=1S/C12H17NO3/c1-8-3-4-9(16-8)7-13(2)11-6-5-10(11)12(14)15/h3-4,10-11H,5-7H2,1-2H3,(H,14,15). The van der Waals surface area contributed by atoms with Crippen molar-refractivity contribution in [2.24, 2.45) is 5.92 Å². The van der Waals surface area contributed by atoms with Crippen molar-refractivity contribution < 1.29 is 14.3 Å². The van der Waals surface area contributed by atoms with Gasteiger partial charge < -0.3 is 9.52 Å². The van der Waals surface area contributed by atoms with E-state index in [1.807, 2.05) is 26.1 Å². The molecular weight excluding hydrogens is 206 g/mol. The fourth-order valence-corrected chi connectivity index (χ4v) is 2.23. The SMILES string of the molecule is Cc1ccc(CN(C)C2CCC2C(=O)O)o1. The maximum absolute atomic E-state index is 10.9. The predicted molar refractivity (Wildman–Crippen MR) is 59.1 cm³/mol. The van der Waals surface area contributed by atoms with E-state index in [4.69, 9.17) is 9.52 Å². The molecule has 2 atom stereocenters. The number of aliphatic carboxylic acids is 1. The Morgan fingerprint density at radius 3 is 2.75 bits per heavy atom. The summed E-state index contributed by atoms with van der Waals surface area (Å²) >= 11 is 0. The van der Waals surface area contributed by atoms with Crippen LogP contribution in [-0.4, -0.2) is 29.1 Å². The van der Waals surface area contributed by atoms with Gasteiger partial charge >= 0.3 is 5.97 Å². The molecule has 4 heteroatoms. The van der Waals surface area contributed by atoms with Gasteiger partial charge in [0.15, 0.2) is 0 Å². The van der Waals surface area contributed by atoms with E-state index in [-0.39, 0.29) is 12.0 Å². The van der Waals surface area contributed by atoms with Gasteiger partial charge in [0.05, 0.1) is 12.5 Å². The minimum Gasteiger partial charge on any atom is -0.481 e. The number of nitrogens with zero attached hydrogens (tertiary/aromatic N) is 1. The summed E-state index contributed by atoms with van der Waals surface area (Å²) in [6.07, 6.45) is 1.76. The number of carbonyl (C=O) groups is 1. The Labute approximate surface area is 94.9 Å². The van der Waals surface area contributed by atoms with Crippen LogP contribution in [0.2, 0.25) is 0 Å². The Bertz CT molecular complexity index is 385. The van der Waals surface area contributed by atoms with Crippen LogP contribution in [0.5, 0.6) is 0 Å². The van der Waals surface area contributed by atoms with E-state index < -0.39 is 5.97 Å². The van der Waals surface area contributed by atoms with Gasteiger partial charge in [-0.1, -0.05) is 0 Å². The van der Waals surface area contributed by atoms with Crippen LogP contribution in [0.4, 0.5) is 0 Å². The van der Waals surface area contributed by atoms with E-state index in [0.29, 0.717) is 6.54 Å². The van der Waals surface area contributed by atoms with Crippen LogP contribution >= 0.6 is 0 Å². The molecule has 4 nitrogen and oxygen atoms in total. The van der Waals surface area contributed by atoms with Crippen molar-refractivity contribution in [3.63, 3.8) is 0 Å². The average molecular weight is 223 g/mol. The first kappa shape index (κ1) is 11.2. The van der Waals surface area contributed by atoms with Crippen LogP contribution in [0.25, 0.3) is 0 Å². The molecule has 1 aromatic rings. The molecule has 0 saturated heterocycles. The highest BCUT2D eigenvalue weighted by atomic mass is 16.4. The Balaban J connectivity index is 1.93. The summed E-state index contributed by atoms with van der Waals surface area (Å²) in [6, 6.07) is 4.03. The van der Waals surface area contributed by atoms with Crippen molar-refractivity contribution in [2.75, 3.05) is 7.05 Å². The molecule has 1 fully saturated rings. The molecule has 1 aliphatic rings. The summed E-state index contributed by atoms with van der Waals surface area (Å²) in [5.41, 5.74) is 0. The first-order valence-electron chi connectivity index (χ1n) is 5.56. The van der Waals surface area contributed by atoms with Gasteiger partial charge in [-0.2, -0.15) is 0 Å². The van der Waals surface area contributed by atoms with Crippen LogP contribution in [-0.2, 0) is 11.3 Å². The molecule has 1 aromatic heterocycles. The van der Waals surface area contributed by atoms with E-state index in [1.165, 1.54) is 0 Å². The second-order valence-electron chi connectivity index (χ2n) is 4.52. The third kappa shape index (κ3) is 2.11. The number of rotatable bonds is 4. The van der Waals surface area contributed by atoms with Crippen molar-refractivity contribution in [1.29, 1.82) is 0 Å². The smallest absolute Gasteiger partial charge is 0.308 e. The normalized spacial score (nSPS) is 24.4. The Hall–Kier alpha value is -1.29. The molecule has 1 heterocycles. The van der Waals surface area contributed by atoms with Gasteiger partial charge in [-0.05, 0) is 38.9 Å². The van der Waals surface area contributed by atoms with E-state index in [2.05, 4.69) is 4.90 Å². The Kier molecular flexibility index (Phi) is 3.01. The molecule has 0 spiro atoms. The molecule has 0 radical (unpaired) electrons. The van der Waals surface area contributed by atoms with Gasteiger partial charge in [0.1, 0.15) is 11.5 Å². The van der Waals surface area contributed by atoms with Crippen LogP contribution in [0.1, 0.15) is 24.4 Å². The van der Waals surface area contributed by atoms with Crippen LogP contribution in [0.3, 0.4) is 0 Å². The summed E-state index contributed by atoms with van der Waals surface area (Å²) in [7, 11) is 1.96. The predicted octanol–water partition coefficient (Wildman–Crippen LogP) is 1.88. The van der Waals surface area contributed by atoms with E-state index in [1.54, 1.807) is 0 Å². The Morgan fingerprint density at radius 2 is 2.31 bits per heavy atom. The maximum Gasteiger partial charge on any atom is 0.308 e. The van der Waals surface area contributed by atoms with Gasteiger partial charge in [-0.3, -0.25) is 9.69 Å².